The van der Waals surface area contributed by atoms with Gasteiger partial charge in [-0.1, -0.05) is 48.5 Å². The van der Waals surface area contributed by atoms with Crippen LogP contribution >= 0.6 is 0 Å². The Kier molecular flexibility index (Phi) is 5.31. The van der Waals surface area contributed by atoms with Gasteiger partial charge in [0.15, 0.2) is 0 Å². The number of aliphatic carboxylic acids is 1. The first kappa shape index (κ1) is 21.7. The summed E-state index contributed by atoms with van der Waals surface area (Å²) < 4.78 is 6.90. The van der Waals surface area contributed by atoms with Crippen molar-refractivity contribution in [1.82, 2.24) is 15.1 Å². The highest BCUT2D eigenvalue weighted by molar-refractivity contribution is 6.01. The second kappa shape index (κ2) is 8.33. The van der Waals surface area contributed by atoms with E-state index in [1.165, 1.54) is 10.9 Å². The number of nitrogens with zero attached hydrogens (tertiary/aromatic N) is 2. The van der Waals surface area contributed by atoms with Crippen molar-refractivity contribution >= 4 is 23.7 Å². The van der Waals surface area contributed by atoms with Crippen molar-refractivity contribution in [3.8, 4) is 11.1 Å². The number of carbonyl (C=O) groups excluding carboxylic acids is 2. The van der Waals surface area contributed by atoms with Crippen LogP contribution in [0.4, 0.5) is 10.5 Å². The Morgan fingerprint density at radius 2 is 1.71 bits per heavy atom. The molecule has 1 aromatic heterocycles. The molecule has 0 unspecified atom stereocenters. The summed E-state index contributed by atoms with van der Waals surface area (Å²) in [4.78, 5) is 36.6. The molecule has 1 heterocycles. The van der Waals surface area contributed by atoms with E-state index in [-0.39, 0.29) is 30.3 Å². The second-order valence-electron chi connectivity index (χ2n) is 8.79. The van der Waals surface area contributed by atoms with Crippen LogP contribution in [0.3, 0.4) is 0 Å². The zero-order valence-corrected chi connectivity index (χ0v) is 18.6. The van der Waals surface area contributed by atoms with Gasteiger partial charge in [-0.25, -0.2) is 4.79 Å². The second-order valence-corrected chi connectivity index (χ2v) is 8.79. The summed E-state index contributed by atoms with van der Waals surface area (Å²) >= 11 is 0. The molecule has 0 aliphatic heterocycles. The molecule has 0 saturated heterocycles. The average molecular weight is 460 g/mol. The number of benzene rings is 2. The Labute approximate surface area is 195 Å². The number of nitrogens with one attached hydrogen (secondary N) is 2. The smallest absolute Gasteiger partial charge is 0.411 e. The van der Waals surface area contributed by atoms with Gasteiger partial charge in [0.2, 0.25) is 0 Å². The number of anilines is 1. The van der Waals surface area contributed by atoms with E-state index >= 15 is 0 Å². The molecule has 9 nitrogen and oxygen atoms in total. The number of hydrogen-bond donors (Lipinski definition) is 3. The first-order chi connectivity index (χ1) is 16.4. The summed E-state index contributed by atoms with van der Waals surface area (Å²) in [5.41, 5.74) is 4.06. The lowest BCUT2D eigenvalue weighted by Crippen LogP contribution is -2.39. The van der Waals surface area contributed by atoms with Crippen LogP contribution < -0.4 is 10.6 Å². The number of ether oxygens (including phenoxy) is 1. The monoisotopic (exact) mass is 460 g/mol. The standard InChI is InChI=1S/C25H24N4O5/c1-29-22(23(32)28-25(10-11-25)12-21(30)31)20(13-26-29)27-24(33)34-14-19-17-8-4-2-6-15(17)16-7-3-5-9-18(16)19/h2-9,13,19H,10-12,14H2,1H3,(H,27,33)(H,28,32)(H,30,31). The van der Waals surface area contributed by atoms with Gasteiger partial charge in [0.1, 0.15) is 12.3 Å². The molecule has 34 heavy (non-hydrogen) atoms. The van der Waals surface area contributed by atoms with Crippen molar-refractivity contribution in [2.24, 2.45) is 7.05 Å². The molecule has 2 aromatic carbocycles. The van der Waals surface area contributed by atoms with Crippen LogP contribution in [0.1, 0.15) is 46.8 Å². The maximum atomic E-state index is 12.9. The lowest BCUT2D eigenvalue weighted by atomic mass is 9.98. The number of carbonyl (C=O) groups is 3. The minimum atomic E-state index is -0.972. The Bertz CT molecular complexity index is 1250. The zero-order valence-electron chi connectivity index (χ0n) is 18.6. The fraction of sp³-hybridized carbons (Fsp3) is 0.280. The van der Waals surface area contributed by atoms with E-state index in [1.807, 2.05) is 36.4 Å². The summed E-state index contributed by atoms with van der Waals surface area (Å²) in [7, 11) is 1.58. The first-order valence-corrected chi connectivity index (χ1v) is 11.1. The minimum absolute atomic E-state index is 0.0828. The van der Waals surface area contributed by atoms with E-state index in [4.69, 9.17) is 9.84 Å². The molecule has 5 rings (SSSR count). The predicted octanol–water partition coefficient (Wildman–Crippen LogP) is 3.52. The van der Waals surface area contributed by atoms with E-state index in [2.05, 4.69) is 27.9 Å². The number of carboxylic acid groups (broad SMARTS) is 1. The number of hydrogen-bond acceptors (Lipinski definition) is 5. The molecule has 0 spiro atoms. The van der Waals surface area contributed by atoms with Gasteiger partial charge in [-0.05, 0) is 35.1 Å². The van der Waals surface area contributed by atoms with E-state index < -0.39 is 23.5 Å². The van der Waals surface area contributed by atoms with Crippen molar-refractivity contribution in [2.45, 2.75) is 30.7 Å². The van der Waals surface area contributed by atoms with Crippen LogP contribution in [0.5, 0.6) is 0 Å². The summed E-state index contributed by atoms with van der Waals surface area (Å²) in [6.07, 6.45) is 1.71. The van der Waals surface area contributed by atoms with Gasteiger partial charge in [0.25, 0.3) is 5.91 Å². The number of aryl methyl sites for hydroxylation is 1. The highest BCUT2D eigenvalue weighted by atomic mass is 16.5. The van der Waals surface area contributed by atoms with Crippen molar-refractivity contribution in [1.29, 1.82) is 0 Å². The van der Waals surface area contributed by atoms with Crippen molar-refractivity contribution < 1.29 is 24.2 Å². The molecule has 0 radical (unpaired) electrons. The van der Waals surface area contributed by atoms with Crippen molar-refractivity contribution in [2.75, 3.05) is 11.9 Å². The lowest BCUT2D eigenvalue weighted by Gasteiger charge is -2.17. The van der Waals surface area contributed by atoms with Crippen molar-refractivity contribution in [3.05, 3.63) is 71.5 Å². The molecule has 174 valence electrons. The summed E-state index contributed by atoms with van der Waals surface area (Å²) in [5.74, 6) is -1.55. The molecule has 2 aliphatic carbocycles. The summed E-state index contributed by atoms with van der Waals surface area (Å²) in [5, 5.41) is 18.5. The molecule has 2 aliphatic rings. The summed E-state index contributed by atoms with van der Waals surface area (Å²) in [6.45, 7) is 0.142. The highest BCUT2D eigenvalue weighted by Crippen LogP contribution is 2.44. The van der Waals surface area contributed by atoms with Gasteiger partial charge in [0.05, 0.1) is 23.8 Å². The molecular weight excluding hydrogens is 436 g/mol. The van der Waals surface area contributed by atoms with Crippen LogP contribution in [0.15, 0.2) is 54.7 Å². The Morgan fingerprint density at radius 3 is 2.29 bits per heavy atom. The fourth-order valence-corrected chi connectivity index (χ4v) is 4.63. The van der Waals surface area contributed by atoms with Crippen LogP contribution in [-0.4, -0.2) is 45.0 Å². The van der Waals surface area contributed by atoms with Crippen molar-refractivity contribution in [3.63, 3.8) is 0 Å². The predicted molar refractivity (Wildman–Crippen MR) is 124 cm³/mol. The van der Waals surface area contributed by atoms with Gasteiger partial charge in [-0.15, -0.1) is 0 Å². The topological polar surface area (TPSA) is 123 Å². The fourth-order valence-electron chi connectivity index (χ4n) is 4.63. The molecule has 9 heteroatoms. The average Bonchev–Trinajstić information content (AvgIpc) is 3.32. The molecule has 2 amide bonds. The van der Waals surface area contributed by atoms with Gasteiger partial charge < -0.3 is 15.2 Å². The molecule has 0 atom stereocenters. The molecule has 1 saturated carbocycles. The van der Waals surface area contributed by atoms with Gasteiger partial charge in [-0.2, -0.15) is 5.10 Å². The maximum absolute atomic E-state index is 12.9. The molecule has 3 aromatic rings. The van der Waals surface area contributed by atoms with E-state index in [1.54, 1.807) is 7.05 Å². The maximum Gasteiger partial charge on any atom is 0.411 e. The number of fused-ring (bicyclic) bond motifs is 3. The van der Waals surface area contributed by atoms with E-state index in [0.717, 1.165) is 22.3 Å². The number of aromatic nitrogens is 2. The lowest BCUT2D eigenvalue weighted by molar-refractivity contribution is -0.137. The first-order valence-electron chi connectivity index (χ1n) is 11.1. The van der Waals surface area contributed by atoms with Crippen LogP contribution in [0.25, 0.3) is 11.1 Å². The Hall–Kier alpha value is -4.14. The molecule has 1 fully saturated rings. The van der Waals surface area contributed by atoms with E-state index in [0.29, 0.717) is 12.8 Å². The van der Waals surface area contributed by atoms with Gasteiger partial charge in [-0.3, -0.25) is 19.6 Å². The quantitative estimate of drug-likeness (QED) is 0.496. The normalized spacial score (nSPS) is 15.2. The minimum Gasteiger partial charge on any atom is -0.481 e. The molecular formula is C25H24N4O5. The third-order valence-electron chi connectivity index (χ3n) is 6.46. The van der Waals surface area contributed by atoms with Crippen LogP contribution in [0, 0.1) is 0 Å². The van der Waals surface area contributed by atoms with Gasteiger partial charge >= 0.3 is 12.1 Å². The highest BCUT2D eigenvalue weighted by Gasteiger charge is 2.46. The zero-order chi connectivity index (χ0) is 23.9. The Balaban J connectivity index is 1.27. The summed E-state index contributed by atoms with van der Waals surface area (Å²) in [6, 6.07) is 16.1. The third kappa shape index (κ3) is 4.00. The SMILES string of the molecule is Cn1ncc(NC(=O)OCC2c3ccccc3-c3ccccc32)c1C(=O)NC1(CC(=O)O)CC1. The van der Waals surface area contributed by atoms with E-state index in [9.17, 15) is 14.4 Å². The van der Waals surface area contributed by atoms with Crippen LogP contribution in [0.2, 0.25) is 0 Å². The van der Waals surface area contributed by atoms with Gasteiger partial charge in [0, 0.05) is 13.0 Å². The van der Waals surface area contributed by atoms with Crippen LogP contribution in [-0.2, 0) is 16.6 Å². The number of amides is 2. The molecule has 0 bridgehead atoms. The third-order valence-corrected chi connectivity index (χ3v) is 6.46. The number of carboxylic acids is 1. The number of rotatable bonds is 7. The Morgan fingerprint density at radius 1 is 1.09 bits per heavy atom. The molecule has 3 N–H and O–H groups in total. The largest absolute Gasteiger partial charge is 0.481 e.